The van der Waals surface area contributed by atoms with E-state index in [0.29, 0.717) is 5.69 Å². The fraction of sp³-hybridized carbons (Fsp3) is 0.667. The van der Waals surface area contributed by atoms with E-state index in [0.717, 1.165) is 38.8 Å². The molecule has 2 heterocycles. The van der Waals surface area contributed by atoms with Crippen molar-refractivity contribution in [3.05, 3.63) is 34.1 Å². The summed E-state index contributed by atoms with van der Waals surface area (Å²) in [4.78, 5) is 16.6. The number of likely N-dealkylation sites (N-methyl/N-ethyl adjacent to an activating group) is 2. The molecule has 2 aliphatic rings. The Morgan fingerprint density at radius 2 is 1.62 bits per heavy atom. The molecule has 2 saturated heterocycles. The average Bonchev–Trinajstić information content (AvgIpc) is 2.69. The molecule has 146 valence electrons. The van der Waals surface area contributed by atoms with Crippen LogP contribution >= 0.6 is 0 Å². The standard InChI is InChI=1S/C12H16FN3O2.C6H14N2/c1-2-14-5-7-15(8-6-14)12-4-3-10(16(17)18)9-11(12)13;1-2-8-5-3-7-4-6-8/h3-4,9H,2,5-8H2,1H3;7H,2-6H2,1H3. The summed E-state index contributed by atoms with van der Waals surface area (Å²) in [5, 5.41) is 13.8. The summed E-state index contributed by atoms with van der Waals surface area (Å²) in [5.74, 6) is -0.519. The van der Waals surface area contributed by atoms with E-state index < -0.39 is 10.7 Å². The minimum atomic E-state index is -0.581. The molecule has 0 radical (unpaired) electrons. The van der Waals surface area contributed by atoms with Gasteiger partial charge in [-0.3, -0.25) is 10.1 Å². The Hall–Kier alpha value is -1.77. The second kappa shape index (κ2) is 10.4. The SMILES string of the molecule is CCN1CCN(c2ccc([N+](=O)[O-])cc2F)CC1.CCN1CCNCC1. The first-order valence-electron chi connectivity index (χ1n) is 9.39. The molecular formula is C18H30FN5O2. The largest absolute Gasteiger partial charge is 0.367 e. The van der Waals surface area contributed by atoms with Crippen LogP contribution in [0.2, 0.25) is 0 Å². The van der Waals surface area contributed by atoms with Crippen LogP contribution in [0.1, 0.15) is 13.8 Å². The molecule has 0 amide bonds. The van der Waals surface area contributed by atoms with Crippen molar-refractivity contribution < 1.29 is 9.31 Å². The monoisotopic (exact) mass is 367 g/mol. The van der Waals surface area contributed by atoms with Crippen molar-refractivity contribution in [1.29, 1.82) is 0 Å². The van der Waals surface area contributed by atoms with Crippen LogP contribution in [0, 0.1) is 15.9 Å². The maximum Gasteiger partial charge on any atom is 0.272 e. The molecule has 1 N–H and O–H groups in total. The fourth-order valence-corrected chi connectivity index (χ4v) is 3.20. The van der Waals surface area contributed by atoms with Crippen molar-refractivity contribution in [2.24, 2.45) is 0 Å². The highest BCUT2D eigenvalue weighted by atomic mass is 19.1. The summed E-state index contributed by atoms with van der Waals surface area (Å²) >= 11 is 0. The minimum absolute atomic E-state index is 0.205. The van der Waals surface area contributed by atoms with E-state index in [2.05, 4.69) is 29.0 Å². The van der Waals surface area contributed by atoms with Gasteiger partial charge in [-0.25, -0.2) is 4.39 Å². The number of anilines is 1. The fourth-order valence-electron chi connectivity index (χ4n) is 3.20. The average molecular weight is 367 g/mol. The Kier molecular flexibility index (Phi) is 8.21. The van der Waals surface area contributed by atoms with Gasteiger partial charge in [-0.2, -0.15) is 0 Å². The zero-order valence-electron chi connectivity index (χ0n) is 15.8. The Labute approximate surface area is 154 Å². The van der Waals surface area contributed by atoms with Gasteiger partial charge in [0.2, 0.25) is 0 Å². The number of nitro groups is 1. The molecule has 0 atom stereocenters. The molecule has 2 aliphatic heterocycles. The van der Waals surface area contributed by atoms with Crippen LogP contribution in [0.5, 0.6) is 0 Å². The zero-order chi connectivity index (χ0) is 18.9. The smallest absolute Gasteiger partial charge is 0.272 e. The molecule has 3 rings (SSSR count). The lowest BCUT2D eigenvalue weighted by atomic mass is 10.2. The lowest BCUT2D eigenvalue weighted by Crippen LogP contribution is -2.46. The zero-order valence-corrected chi connectivity index (χ0v) is 15.8. The number of nitrogens with zero attached hydrogens (tertiary/aromatic N) is 4. The van der Waals surface area contributed by atoms with Gasteiger partial charge in [0.25, 0.3) is 5.69 Å². The van der Waals surface area contributed by atoms with Crippen LogP contribution in [0.4, 0.5) is 15.8 Å². The minimum Gasteiger partial charge on any atom is -0.367 e. The Balaban J connectivity index is 0.000000254. The van der Waals surface area contributed by atoms with Crippen molar-refractivity contribution in [3.63, 3.8) is 0 Å². The van der Waals surface area contributed by atoms with E-state index in [4.69, 9.17) is 0 Å². The van der Waals surface area contributed by atoms with Gasteiger partial charge in [-0.1, -0.05) is 13.8 Å². The third kappa shape index (κ3) is 5.89. The van der Waals surface area contributed by atoms with Gasteiger partial charge in [0.1, 0.15) is 0 Å². The first-order chi connectivity index (χ1) is 12.5. The Morgan fingerprint density at radius 3 is 2.08 bits per heavy atom. The van der Waals surface area contributed by atoms with Gasteiger partial charge in [0, 0.05) is 58.4 Å². The Bertz CT molecular complexity index is 573. The van der Waals surface area contributed by atoms with Crippen LogP contribution in [0.25, 0.3) is 0 Å². The summed E-state index contributed by atoms with van der Waals surface area (Å²) in [6, 6.07) is 3.83. The third-order valence-corrected chi connectivity index (χ3v) is 4.96. The van der Waals surface area contributed by atoms with Crippen LogP contribution in [-0.4, -0.2) is 80.2 Å². The number of rotatable bonds is 4. The van der Waals surface area contributed by atoms with Gasteiger partial charge < -0.3 is 20.0 Å². The summed E-state index contributed by atoms with van der Waals surface area (Å²) in [6.45, 7) is 14.6. The molecule has 26 heavy (non-hydrogen) atoms. The predicted molar refractivity (Wildman–Crippen MR) is 102 cm³/mol. The number of piperazine rings is 2. The highest BCUT2D eigenvalue weighted by Gasteiger charge is 2.20. The van der Waals surface area contributed by atoms with Crippen molar-refractivity contribution in [2.45, 2.75) is 13.8 Å². The summed E-state index contributed by atoms with van der Waals surface area (Å²) < 4.78 is 13.8. The predicted octanol–water partition coefficient (Wildman–Crippen LogP) is 1.79. The van der Waals surface area contributed by atoms with Crippen LogP contribution in [-0.2, 0) is 0 Å². The second-order valence-corrected chi connectivity index (χ2v) is 6.50. The van der Waals surface area contributed by atoms with E-state index in [9.17, 15) is 14.5 Å². The van der Waals surface area contributed by atoms with E-state index in [1.165, 1.54) is 44.9 Å². The van der Waals surface area contributed by atoms with Gasteiger partial charge >= 0.3 is 0 Å². The summed E-state index contributed by atoms with van der Waals surface area (Å²) in [5.41, 5.74) is 0.250. The van der Waals surface area contributed by atoms with Crippen LogP contribution < -0.4 is 10.2 Å². The lowest BCUT2D eigenvalue weighted by molar-refractivity contribution is -0.385. The van der Waals surface area contributed by atoms with E-state index >= 15 is 0 Å². The number of halogens is 1. The molecule has 0 unspecified atom stereocenters. The van der Waals surface area contributed by atoms with Gasteiger partial charge in [0.05, 0.1) is 16.7 Å². The maximum atomic E-state index is 13.8. The number of hydrogen-bond acceptors (Lipinski definition) is 6. The molecule has 0 aliphatic carbocycles. The van der Waals surface area contributed by atoms with Gasteiger partial charge in [0.15, 0.2) is 5.82 Å². The highest BCUT2D eigenvalue weighted by molar-refractivity contribution is 5.52. The molecule has 1 aromatic carbocycles. The van der Waals surface area contributed by atoms with Gasteiger partial charge in [-0.05, 0) is 19.2 Å². The highest BCUT2D eigenvalue weighted by Crippen LogP contribution is 2.24. The number of hydrogen-bond donors (Lipinski definition) is 1. The molecule has 0 spiro atoms. The first-order valence-corrected chi connectivity index (χ1v) is 9.39. The molecular weight excluding hydrogens is 337 g/mol. The molecule has 0 bridgehead atoms. The molecule has 0 saturated carbocycles. The lowest BCUT2D eigenvalue weighted by Gasteiger charge is -2.35. The molecule has 0 aromatic heterocycles. The molecule has 1 aromatic rings. The van der Waals surface area contributed by atoms with Crippen LogP contribution in [0.15, 0.2) is 18.2 Å². The van der Waals surface area contributed by atoms with Crippen molar-refractivity contribution in [2.75, 3.05) is 70.3 Å². The molecule has 7 nitrogen and oxygen atoms in total. The number of benzene rings is 1. The summed E-state index contributed by atoms with van der Waals surface area (Å²) in [6.07, 6.45) is 0. The quantitative estimate of drug-likeness (QED) is 0.647. The van der Waals surface area contributed by atoms with Gasteiger partial charge in [-0.15, -0.1) is 0 Å². The summed E-state index contributed by atoms with van der Waals surface area (Å²) in [7, 11) is 0. The first kappa shape index (κ1) is 20.5. The molecule has 2 fully saturated rings. The van der Waals surface area contributed by atoms with E-state index in [1.807, 2.05) is 4.90 Å². The van der Waals surface area contributed by atoms with Crippen molar-refractivity contribution in [1.82, 2.24) is 15.1 Å². The van der Waals surface area contributed by atoms with Crippen molar-refractivity contribution in [3.8, 4) is 0 Å². The number of nitrogens with one attached hydrogen (secondary N) is 1. The van der Waals surface area contributed by atoms with E-state index in [-0.39, 0.29) is 5.69 Å². The van der Waals surface area contributed by atoms with Crippen LogP contribution in [0.3, 0.4) is 0 Å². The molecule has 8 heteroatoms. The maximum absolute atomic E-state index is 13.8. The normalized spacial score (nSPS) is 19.0. The number of non-ortho nitro benzene ring substituents is 1. The Morgan fingerprint density at radius 1 is 1.04 bits per heavy atom. The number of nitro benzene ring substituents is 1. The van der Waals surface area contributed by atoms with E-state index in [1.54, 1.807) is 0 Å². The van der Waals surface area contributed by atoms with Crippen molar-refractivity contribution >= 4 is 11.4 Å². The third-order valence-electron chi connectivity index (χ3n) is 4.96. The second-order valence-electron chi connectivity index (χ2n) is 6.50. The topological polar surface area (TPSA) is 64.9 Å².